The molecule has 1 aromatic heterocycles. The van der Waals surface area contributed by atoms with E-state index in [9.17, 15) is 4.79 Å². The number of aromatic nitrogens is 2. The van der Waals surface area contributed by atoms with Crippen molar-refractivity contribution < 1.29 is 9.53 Å². The molecular formula is C16H17N3O2. The van der Waals surface area contributed by atoms with Crippen LogP contribution >= 0.6 is 0 Å². The smallest absolute Gasteiger partial charge is 0.272 e. The molecule has 0 aliphatic heterocycles. The number of para-hydroxylation sites is 1. The Balaban J connectivity index is 2.42. The zero-order valence-corrected chi connectivity index (χ0v) is 12.1. The lowest BCUT2D eigenvalue weighted by Gasteiger charge is -2.09. The number of hydrogen-bond acceptors (Lipinski definition) is 3. The van der Waals surface area contributed by atoms with Gasteiger partial charge in [-0.15, -0.1) is 6.42 Å². The fourth-order valence-electron chi connectivity index (χ4n) is 2.06. The lowest BCUT2D eigenvalue weighted by Crippen LogP contribution is -2.24. The van der Waals surface area contributed by atoms with Crippen LogP contribution in [0.2, 0.25) is 0 Å². The van der Waals surface area contributed by atoms with E-state index in [2.05, 4.69) is 16.3 Å². The summed E-state index contributed by atoms with van der Waals surface area (Å²) in [5, 5.41) is 6.92. The normalized spacial score (nSPS) is 9.95. The summed E-state index contributed by atoms with van der Waals surface area (Å²) in [5.74, 6) is 2.82. The van der Waals surface area contributed by atoms with Crippen LogP contribution in [0.3, 0.4) is 0 Å². The lowest BCUT2D eigenvalue weighted by atomic mass is 10.1. The molecule has 0 spiro atoms. The molecule has 0 aliphatic rings. The Morgan fingerprint density at radius 3 is 2.90 bits per heavy atom. The SMILES string of the molecule is C#CCNC(=O)c1cc(-c2ccccc2OC)n(CC)n1. The summed E-state index contributed by atoms with van der Waals surface area (Å²) in [5.41, 5.74) is 2.07. The molecule has 1 aromatic carbocycles. The fourth-order valence-corrected chi connectivity index (χ4v) is 2.06. The number of ether oxygens (including phenoxy) is 1. The molecular weight excluding hydrogens is 266 g/mol. The minimum absolute atomic E-state index is 0.182. The molecule has 21 heavy (non-hydrogen) atoms. The summed E-state index contributed by atoms with van der Waals surface area (Å²) >= 11 is 0. The topological polar surface area (TPSA) is 56.1 Å². The number of aryl methyl sites for hydroxylation is 1. The summed E-state index contributed by atoms with van der Waals surface area (Å²) < 4.78 is 7.13. The van der Waals surface area contributed by atoms with Gasteiger partial charge in [0.2, 0.25) is 0 Å². The highest BCUT2D eigenvalue weighted by Gasteiger charge is 2.16. The van der Waals surface area contributed by atoms with Crippen molar-refractivity contribution in [3.8, 4) is 29.4 Å². The summed E-state index contributed by atoms with van der Waals surface area (Å²) in [6, 6.07) is 9.37. The minimum Gasteiger partial charge on any atom is -0.496 e. The second-order valence-corrected chi connectivity index (χ2v) is 4.32. The quantitative estimate of drug-likeness (QED) is 0.853. The average molecular weight is 283 g/mol. The third kappa shape index (κ3) is 3.06. The first-order valence-electron chi connectivity index (χ1n) is 6.64. The van der Waals surface area contributed by atoms with Gasteiger partial charge >= 0.3 is 0 Å². The van der Waals surface area contributed by atoms with Crippen LogP contribution in [-0.2, 0) is 6.54 Å². The van der Waals surface area contributed by atoms with E-state index in [1.165, 1.54) is 0 Å². The maximum atomic E-state index is 12.0. The number of rotatable bonds is 5. The predicted molar refractivity (Wildman–Crippen MR) is 81.1 cm³/mol. The van der Waals surface area contributed by atoms with Crippen LogP contribution in [0.15, 0.2) is 30.3 Å². The van der Waals surface area contributed by atoms with Crippen molar-refractivity contribution >= 4 is 5.91 Å². The van der Waals surface area contributed by atoms with Crippen LogP contribution in [0, 0.1) is 12.3 Å². The van der Waals surface area contributed by atoms with Crippen molar-refractivity contribution in [3.63, 3.8) is 0 Å². The van der Waals surface area contributed by atoms with E-state index >= 15 is 0 Å². The Kier molecular flexibility index (Phi) is 4.62. The largest absolute Gasteiger partial charge is 0.496 e. The Hall–Kier alpha value is -2.74. The Bertz CT molecular complexity index is 683. The molecule has 5 heteroatoms. The molecule has 1 amide bonds. The highest BCUT2D eigenvalue weighted by Crippen LogP contribution is 2.30. The zero-order valence-electron chi connectivity index (χ0n) is 12.1. The fraction of sp³-hybridized carbons (Fsp3) is 0.250. The highest BCUT2D eigenvalue weighted by atomic mass is 16.5. The van der Waals surface area contributed by atoms with Crippen molar-refractivity contribution in [2.75, 3.05) is 13.7 Å². The third-order valence-electron chi connectivity index (χ3n) is 3.05. The van der Waals surface area contributed by atoms with Crippen molar-refractivity contribution in [1.29, 1.82) is 0 Å². The Morgan fingerprint density at radius 2 is 2.24 bits per heavy atom. The molecule has 0 aliphatic carbocycles. The van der Waals surface area contributed by atoms with Gasteiger partial charge in [0.1, 0.15) is 5.75 Å². The van der Waals surface area contributed by atoms with E-state index < -0.39 is 0 Å². The number of nitrogens with one attached hydrogen (secondary N) is 1. The van der Waals surface area contributed by atoms with Gasteiger partial charge in [0, 0.05) is 12.1 Å². The molecule has 2 aromatic rings. The van der Waals surface area contributed by atoms with E-state index in [0.29, 0.717) is 12.2 Å². The summed E-state index contributed by atoms with van der Waals surface area (Å²) in [7, 11) is 1.62. The molecule has 2 rings (SSSR count). The Morgan fingerprint density at radius 1 is 1.48 bits per heavy atom. The van der Waals surface area contributed by atoms with Crippen molar-refractivity contribution in [3.05, 3.63) is 36.0 Å². The van der Waals surface area contributed by atoms with Gasteiger partial charge in [-0.3, -0.25) is 9.48 Å². The maximum Gasteiger partial charge on any atom is 0.272 e. The van der Waals surface area contributed by atoms with Gasteiger partial charge < -0.3 is 10.1 Å². The van der Waals surface area contributed by atoms with E-state index in [1.807, 2.05) is 31.2 Å². The first-order chi connectivity index (χ1) is 10.2. The number of carbonyl (C=O) groups excluding carboxylic acids is 1. The van der Waals surface area contributed by atoms with Crippen molar-refractivity contribution in [2.45, 2.75) is 13.5 Å². The molecule has 0 saturated heterocycles. The number of benzene rings is 1. The number of hydrogen-bond donors (Lipinski definition) is 1. The van der Waals surface area contributed by atoms with Gasteiger partial charge in [0.25, 0.3) is 5.91 Å². The van der Waals surface area contributed by atoms with Crippen LogP contribution in [-0.4, -0.2) is 29.3 Å². The molecule has 0 unspecified atom stereocenters. The number of methoxy groups -OCH3 is 1. The summed E-state index contributed by atoms with van der Waals surface area (Å²) in [4.78, 5) is 12.0. The van der Waals surface area contributed by atoms with E-state index in [4.69, 9.17) is 11.2 Å². The van der Waals surface area contributed by atoms with Crippen LogP contribution in [0.1, 0.15) is 17.4 Å². The molecule has 0 bridgehead atoms. The molecule has 0 radical (unpaired) electrons. The van der Waals surface area contributed by atoms with Gasteiger partial charge in [-0.1, -0.05) is 18.1 Å². The lowest BCUT2D eigenvalue weighted by molar-refractivity contribution is 0.0953. The second-order valence-electron chi connectivity index (χ2n) is 4.32. The highest BCUT2D eigenvalue weighted by molar-refractivity contribution is 5.93. The molecule has 1 heterocycles. The number of carbonyl (C=O) groups is 1. The number of amides is 1. The van der Waals surface area contributed by atoms with Crippen molar-refractivity contribution in [1.82, 2.24) is 15.1 Å². The van der Waals surface area contributed by atoms with E-state index in [-0.39, 0.29) is 12.5 Å². The number of nitrogens with zero attached hydrogens (tertiary/aromatic N) is 2. The molecule has 108 valence electrons. The van der Waals surface area contributed by atoms with Crippen LogP contribution in [0.5, 0.6) is 5.75 Å². The van der Waals surface area contributed by atoms with Crippen LogP contribution < -0.4 is 10.1 Å². The van der Waals surface area contributed by atoms with Gasteiger partial charge in [0.05, 0.1) is 19.3 Å². The first kappa shape index (κ1) is 14.7. The number of terminal acetylenes is 1. The molecule has 0 saturated carbocycles. The Labute approximate surface area is 123 Å². The predicted octanol–water partition coefficient (Wildman–Crippen LogP) is 1.94. The molecule has 0 fully saturated rings. The monoisotopic (exact) mass is 283 g/mol. The van der Waals surface area contributed by atoms with Gasteiger partial charge in [0.15, 0.2) is 5.69 Å². The van der Waals surface area contributed by atoms with Gasteiger partial charge in [-0.25, -0.2) is 0 Å². The standard InChI is InChI=1S/C16H17N3O2/c1-4-10-17-16(20)13-11-14(19(5-2)18-13)12-8-6-7-9-15(12)21-3/h1,6-9,11H,5,10H2,2-3H3,(H,17,20). The van der Waals surface area contributed by atoms with E-state index in [1.54, 1.807) is 17.9 Å². The minimum atomic E-state index is -0.281. The maximum absolute atomic E-state index is 12.0. The zero-order chi connectivity index (χ0) is 15.2. The average Bonchev–Trinajstić information content (AvgIpc) is 2.96. The van der Waals surface area contributed by atoms with Crippen LogP contribution in [0.4, 0.5) is 0 Å². The summed E-state index contributed by atoms with van der Waals surface area (Å²) in [6.45, 7) is 2.80. The molecule has 0 atom stereocenters. The van der Waals surface area contributed by atoms with Gasteiger partial charge in [-0.05, 0) is 25.1 Å². The summed E-state index contributed by atoms with van der Waals surface area (Å²) in [6.07, 6.45) is 5.14. The van der Waals surface area contributed by atoms with Crippen LogP contribution in [0.25, 0.3) is 11.3 Å². The third-order valence-corrected chi connectivity index (χ3v) is 3.05. The van der Waals surface area contributed by atoms with Gasteiger partial charge in [-0.2, -0.15) is 5.10 Å². The van der Waals surface area contributed by atoms with E-state index in [0.717, 1.165) is 17.0 Å². The van der Waals surface area contributed by atoms with Crippen molar-refractivity contribution in [2.24, 2.45) is 0 Å². The first-order valence-corrected chi connectivity index (χ1v) is 6.64. The molecule has 5 nitrogen and oxygen atoms in total. The molecule has 1 N–H and O–H groups in total. The second kappa shape index (κ2) is 6.62.